The first-order valence-electron chi connectivity index (χ1n) is 7.36. The molecule has 20 heavy (non-hydrogen) atoms. The van der Waals surface area contributed by atoms with Gasteiger partial charge in [-0.2, -0.15) is 0 Å². The van der Waals surface area contributed by atoms with E-state index in [4.69, 9.17) is 9.47 Å². The van der Waals surface area contributed by atoms with Crippen LogP contribution >= 0.6 is 0 Å². The summed E-state index contributed by atoms with van der Waals surface area (Å²) in [5.41, 5.74) is -0.650. The molecule has 0 spiro atoms. The summed E-state index contributed by atoms with van der Waals surface area (Å²) in [5, 5.41) is 3.32. The number of hydrogen-bond acceptors (Lipinski definition) is 5. The maximum absolute atomic E-state index is 12.0. The Kier molecular flexibility index (Phi) is 9.01. The Morgan fingerprint density at radius 3 is 2.20 bits per heavy atom. The van der Waals surface area contributed by atoms with Gasteiger partial charge >= 0.3 is 5.97 Å². The molecule has 0 aliphatic rings. The molecule has 0 bridgehead atoms. The van der Waals surface area contributed by atoms with E-state index < -0.39 is 5.54 Å². The van der Waals surface area contributed by atoms with Crippen LogP contribution in [0.1, 0.15) is 41.0 Å². The molecule has 0 saturated carbocycles. The fourth-order valence-corrected chi connectivity index (χ4v) is 2.30. The summed E-state index contributed by atoms with van der Waals surface area (Å²) in [6.07, 6.45) is 0.708. The highest BCUT2D eigenvalue weighted by molar-refractivity contribution is 5.80. The predicted octanol–water partition coefficient (Wildman–Crippen LogP) is 1.66. The van der Waals surface area contributed by atoms with Crippen LogP contribution in [0.15, 0.2) is 0 Å². The first kappa shape index (κ1) is 19.4. The van der Waals surface area contributed by atoms with E-state index in [2.05, 4.69) is 24.1 Å². The molecule has 1 N–H and O–H groups in total. The van der Waals surface area contributed by atoms with Gasteiger partial charge in [0.1, 0.15) is 5.54 Å². The standard InChI is InChI=1S/C15H32N2O3/c1-12(2)16-15(5,14(18)20-7)8-9-17(13(3)4)10-11-19-6/h12-13,16H,8-11H2,1-7H3. The Morgan fingerprint density at radius 2 is 1.80 bits per heavy atom. The molecule has 0 aromatic heterocycles. The number of ether oxygens (including phenoxy) is 2. The minimum absolute atomic E-state index is 0.207. The van der Waals surface area contributed by atoms with Crippen molar-refractivity contribution < 1.29 is 14.3 Å². The van der Waals surface area contributed by atoms with Gasteiger partial charge in [-0.25, -0.2) is 0 Å². The Morgan fingerprint density at radius 1 is 1.20 bits per heavy atom. The molecule has 0 amide bonds. The number of rotatable bonds is 10. The molecule has 0 aromatic rings. The lowest BCUT2D eigenvalue weighted by molar-refractivity contribution is -0.148. The molecule has 1 unspecified atom stereocenters. The van der Waals surface area contributed by atoms with Gasteiger partial charge in [0.2, 0.25) is 0 Å². The van der Waals surface area contributed by atoms with Crippen molar-refractivity contribution in [2.45, 2.75) is 58.7 Å². The van der Waals surface area contributed by atoms with E-state index in [9.17, 15) is 4.79 Å². The molecule has 0 aromatic carbocycles. The minimum atomic E-state index is -0.650. The summed E-state index contributed by atoms with van der Waals surface area (Å²) in [5.74, 6) is -0.207. The summed E-state index contributed by atoms with van der Waals surface area (Å²) < 4.78 is 10.1. The summed E-state index contributed by atoms with van der Waals surface area (Å²) in [7, 11) is 3.14. The van der Waals surface area contributed by atoms with Crippen LogP contribution in [0, 0.1) is 0 Å². The van der Waals surface area contributed by atoms with E-state index in [0.29, 0.717) is 19.1 Å². The predicted molar refractivity (Wildman–Crippen MR) is 81.9 cm³/mol. The number of esters is 1. The molecule has 0 aliphatic carbocycles. The van der Waals surface area contributed by atoms with Crippen LogP contribution in [-0.4, -0.2) is 62.4 Å². The SMILES string of the molecule is COCCN(CCC(C)(NC(C)C)C(=O)OC)C(C)C. The largest absolute Gasteiger partial charge is 0.468 e. The minimum Gasteiger partial charge on any atom is -0.468 e. The first-order valence-corrected chi connectivity index (χ1v) is 7.36. The van der Waals surface area contributed by atoms with Gasteiger partial charge in [-0.1, -0.05) is 0 Å². The van der Waals surface area contributed by atoms with Gasteiger partial charge in [-0.3, -0.25) is 15.0 Å². The number of methoxy groups -OCH3 is 2. The monoisotopic (exact) mass is 288 g/mol. The van der Waals surface area contributed by atoms with Crippen LogP contribution < -0.4 is 5.32 Å². The van der Waals surface area contributed by atoms with Gasteiger partial charge in [0.25, 0.3) is 0 Å². The molecule has 5 nitrogen and oxygen atoms in total. The number of hydrogen-bond donors (Lipinski definition) is 1. The average Bonchev–Trinajstić information content (AvgIpc) is 2.36. The number of nitrogens with zero attached hydrogens (tertiary/aromatic N) is 1. The lowest BCUT2D eigenvalue weighted by Gasteiger charge is -2.34. The average molecular weight is 288 g/mol. The van der Waals surface area contributed by atoms with Crippen molar-refractivity contribution in [3.63, 3.8) is 0 Å². The maximum atomic E-state index is 12.0. The zero-order valence-electron chi connectivity index (χ0n) is 14.2. The molecule has 0 rings (SSSR count). The van der Waals surface area contributed by atoms with Crippen molar-refractivity contribution in [3.8, 4) is 0 Å². The Labute approximate surface area is 124 Å². The second-order valence-corrected chi connectivity index (χ2v) is 6.00. The third-order valence-electron chi connectivity index (χ3n) is 3.46. The molecule has 1 atom stereocenters. The van der Waals surface area contributed by atoms with Gasteiger partial charge in [-0.05, 0) is 41.0 Å². The molecule has 0 saturated heterocycles. The van der Waals surface area contributed by atoms with Gasteiger partial charge in [-0.15, -0.1) is 0 Å². The van der Waals surface area contributed by atoms with Crippen molar-refractivity contribution in [1.82, 2.24) is 10.2 Å². The van der Waals surface area contributed by atoms with Gasteiger partial charge in [0.05, 0.1) is 13.7 Å². The molecule has 120 valence electrons. The van der Waals surface area contributed by atoms with Gasteiger partial charge in [0.15, 0.2) is 0 Å². The van der Waals surface area contributed by atoms with Gasteiger partial charge in [0, 0.05) is 32.3 Å². The van der Waals surface area contributed by atoms with Crippen molar-refractivity contribution in [3.05, 3.63) is 0 Å². The van der Waals surface area contributed by atoms with Crippen LogP contribution in [0.2, 0.25) is 0 Å². The second-order valence-electron chi connectivity index (χ2n) is 6.00. The quantitative estimate of drug-likeness (QED) is 0.620. The van der Waals surface area contributed by atoms with Crippen LogP contribution in [0.25, 0.3) is 0 Å². The Balaban J connectivity index is 4.67. The van der Waals surface area contributed by atoms with E-state index in [1.165, 1.54) is 7.11 Å². The topological polar surface area (TPSA) is 50.8 Å². The Bertz CT molecular complexity index is 282. The third-order valence-corrected chi connectivity index (χ3v) is 3.46. The molecule has 0 fully saturated rings. The van der Waals surface area contributed by atoms with Crippen LogP contribution in [0.3, 0.4) is 0 Å². The van der Waals surface area contributed by atoms with E-state index in [1.54, 1.807) is 7.11 Å². The highest BCUT2D eigenvalue weighted by Gasteiger charge is 2.35. The molecule has 0 heterocycles. The van der Waals surface area contributed by atoms with Crippen molar-refractivity contribution in [1.29, 1.82) is 0 Å². The summed E-state index contributed by atoms with van der Waals surface area (Å²) in [6, 6.07) is 0.650. The summed E-state index contributed by atoms with van der Waals surface area (Å²) in [6.45, 7) is 12.7. The van der Waals surface area contributed by atoms with Crippen molar-refractivity contribution >= 4 is 5.97 Å². The second kappa shape index (κ2) is 9.32. The molecular formula is C15H32N2O3. The Hall–Kier alpha value is -0.650. The molecule has 5 heteroatoms. The summed E-state index contributed by atoms with van der Waals surface area (Å²) in [4.78, 5) is 14.3. The highest BCUT2D eigenvalue weighted by atomic mass is 16.5. The van der Waals surface area contributed by atoms with Gasteiger partial charge < -0.3 is 9.47 Å². The zero-order valence-corrected chi connectivity index (χ0v) is 14.2. The normalized spacial score (nSPS) is 14.9. The van der Waals surface area contributed by atoms with Crippen LogP contribution in [0.4, 0.5) is 0 Å². The van der Waals surface area contributed by atoms with E-state index >= 15 is 0 Å². The van der Waals surface area contributed by atoms with E-state index in [-0.39, 0.29) is 12.0 Å². The van der Waals surface area contributed by atoms with E-state index in [1.807, 2.05) is 20.8 Å². The lowest BCUT2D eigenvalue weighted by Crippen LogP contribution is -2.54. The smallest absolute Gasteiger partial charge is 0.325 e. The number of carbonyl (C=O) groups is 1. The lowest BCUT2D eigenvalue weighted by atomic mass is 9.96. The summed E-state index contributed by atoms with van der Waals surface area (Å²) >= 11 is 0. The molecule has 0 aliphatic heterocycles. The zero-order chi connectivity index (χ0) is 15.8. The fourth-order valence-electron chi connectivity index (χ4n) is 2.30. The van der Waals surface area contributed by atoms with Crippen molar-refractivity contribution in [2.24, 2.45) is 0 Å². The fraction of sp³-hybridized carbons (Fsp3) is 0.933. The first-order chi connectivity index (χ1) is 9.26. The number of carbonyl (C=O) groups excluding carboxylic acids is 1. The maximum Gasteiger partial charge on any atom is 0.325 e. The van der Waals surface area contributed by atoms with Crippen LogP contribution in [0.5, 0.6) is 0 Å². The van der Waals surface area contributed by atoms with Crippen LogP contribution in [-0.2, 0) is 14.3 Å². The third kappa shape index (κ3) is 6.68. The number of nitrogens with one attached hydrogen (secondary N) is 1. The molecular weight excluding hydrogens is 256 g/mol. The van der Waals surface area contributed by atoms with E-state index in [0.717, 1.165) is 13.1 Å². The molecule has 0 radical (unpaired) electrons. The van der Waals surface area contributed by atoms with Crippen molar-refractivity contribution in [2.75, 3.05) is 33.9 Å². The highest BCUT2D eigenvalue weighted by Crippen LogP contribution is 2.15.